The Labute approximate surface area is 153 Å². The van der Waals surface area contributed by atoms with Crippen LogP contribution >= 0.6 is 11.3 Å². The number of nitro benzene ring substituents is 1. The van der Waals surface area contributed by atoms with Crippen LogP contribution < -0.4 is 5.43 Å². The van der Waals surface area contributed by atoms with Gasteiger partial charge in [0.05, 0.1) is 20.8 Å². The van der Waals surface area contributed by atoms with E-state index in [-0.39, 0.29) is 11.6 Å². The van der Waals surface area contributed by atoms with Gasteiger partial charge in [0.25, 0.3) is 5.69 Å². The van der Waals surface area contributed by atoms with E-state index in [9.17, 15) is 10.1 Å². The standard InChI is InChI=1S/C17H16N6O2S/c1-11(2)16(20-19-12-7-9-13(10-8-12)23(24)25)21-22-17-18-14-5-3-4-6-15(14)26-17/h3-11,19H,1-2H3. The maximum atomic E-state index is 10.7. The Hall–Kier alpha value is -3.20. The normalized spacial score (nSPS) is 12.2. The zero-order valence-electron chi connectivity index (χ0n) is 14.2. The number of hydrogen-bond acceptors (Lipinski definition) is 7. The highest BCUT2D eigenvalue weighted by atomic mass is 32.1. The van der Waals surface area contributed by atoms with Gasteiger partial charge in [-0.1, -0.05) is 37.3 Å². The number of hydrazone groups is 1. The second-order valence-electron chi connectivity index (χ2n) is 5.70. The lowest BCUT2D eigenvalue weighted by molar-refractivity contribution is -0.384. The van der Waals surface area contributed by atoms with Crippen LogP contribution in [0.3, 0.4) is 0 Å². The number of non-ortho nitro benzene ring substituents is 1. The van der Waals surface area contributed by atoms with Gasteiger partial charge >= 0.3 is 0 Å². The molecule has 3 rings (SSSR count). The molecule has 0 radical (unpaired) electrons. The monoisotopic (exact) mass is 368 g/mol. The molecule has 0 fully saturated rings. The molecule has 0 aliphatic carbocycles. The van der Waals surface area contributed by atoms with Gasteiger partial charge in [-0.3, -0.25) is 15.5 Å². The summed E-state index contributed by atoms with van der Waals surface area (Å²) < 4.78 is 1.05. The smallest absolute Gasteiger partial charge is 0.269 e. The SMILES string of the molecule is CC(C)C(N=Nc1nc2ccccc2s1)=NNc1ccc([N+](=O)[O-])cc1. The highest BCUT2D eigenvalue weighted by Gasteiger charge is 2.07. The Morgan fingerprint density at radius 3 is 2.58 bits per heavy atom. The minimum atomic E-state index is -0.446. The van der Waals surface area contributed by atoms with E-state index in [4.69, 9.17) is 0 Å². The molecule has 26 heavy (non-hydrogen) atoms. The highest BCUT2D eigenvalue weighted by molar-refractivity contribution is 7.21. The lowest BCUT2D eigenvalue weighted by Gasteiger charge is -2.05. The Balaban J connectivity index is 1.75. The summed E-state index contributed by atoms with van der Waals surface area (Å²) in [6.07, 6.45) is 0. The predicted octanol–water partition coefficient (Wildman–Crippen LogP) is 5.37. The second kappa shape index (κ2) is 7.79. The van der Waals surface area contributed by atoms with Gasteiger partial charge in [0.2, 0.25) is 5.13 Å². The van der Waals surface area contributed by atoms with Crippen LogP contribution in [0.4, 0.5) is 16.5 Å². The first-order valence-corrected chi connectivity index (χ1v) is 8.70. The molecule has 0 amide bonds. The third-order valence-electron chi connectivity index (χ3n) is 3.41. The van der Waals surface area contributed by atoms with Crippen LogP contribution in [-0.2, 0) is 0 Å². The number of anilines is 1. The predicted molar refractivity (Wildman–Crippen MR) is 103 cm³/mol. The van der Waals surface area contributed by atoms with Gasteiger partial charge in [0.15, 0.2) is 5.84 Å². The van der Waals surface area contributed by atoms with Crippen molar-refractivity contribution in [2.45, 2.75) is 13.8 Å². The average molecular weight is 368 g/mol. The molecule has 0 atom stereocenters. The first kappa shape index (κ1) is 17.6. The zero-order chi connectivity index (χ0) is 18.5. The van der Waals surface area contributed by atoms with E-state index in [1.165, 1.54) is 23.5 Å². The van der Waals surface area contributed by atoms with Crippen molar-refractivity contribution in [2.75, 3.05) is 5.43 Å². The molecule has 1 aromatic heterocycles. The lowest BCUT2D eigenvalue weighted by Crippen LogP contribution is -2.06. The minimum absolute atomic E-state index is 0.0270. The number of para-hydroxylation sites is 1. The van der Waals surface area contributed by atoms with Gasteiger partial charge in [0.1, 0.15) is 0 Å². The quantitative estimate of drug-likeness (QED) is 0.215. The molecule has 9 heteroatoms. The number of nitrogens with zero attached hydrogens (tertiary/aromatic N) is 5. The molecule has 0 unspecified atom stereocenters. The Kier molecular flexibility index (Phi) is 5.28. The summed E-state index contributed by atoms with van der Waals surface area (Å²) >= 11 is 1.46. The van der Waals surface area contributed by atoms with Crippen LogP contribution in [0.2, 0.25) is 0 Å². The zero-order valence-corrected chi connectivity index (χ0v) is 15.0. The number of benzene rings is 2. The number of rotatable bonds is 5. The van der Waals surface area contributed by atoms with Crippen LogP contribution in [0.1, 0.15) is 13.8 Å². The third kappa shape index (κ3) is 4.25. The van der Waals surface area contributed by atoms with Gasteiger partial charge in [-0.05, 0) is 24.3 Å². The molecule has 1 N–H and O–H groups in total. The highest BCUT2D eigenvalue weighted by Crippen LogP contribution is 2.28. The number of amidine groups is 1. The van der Waals surface area contributed by atoms with Crippen LogP contribution in [0.25, 0.3) is 10.2 Å². The number of thiazole rings is 1. The number of aromatic nitrogens is 1. The summed E-state index contributed by atoms with van der Waals surface area (Å²) in [5.41, 5.74) is 4.39. The summed E-state index contributed by atoms with van der Waals surface area (Å²) in [6, 6.07) is 13.8. The Bertz CT molecular complexity index is 945. The minimum Gasteiger partial charge on any atom is -0.277 e. The fourth-order valence-electron chi connectivity index (χ4n) is 2.04. The number of hydrogen-bond donors (Lipinski definition) is 1. The van der Waals surface area contributed by atoms with Gasteiger partial charge in [0, 0.05) is 18.1 Å². The Morgan fingerprint density at radius 2 is 1.92 bits per heavy atom. The van der Waals surface area contributed by atoms with Crippen molar-refractivity contribution >= 4 is 43.9 Å². The van der Waals surface area contributed by atoms with Crippen LogP contribution in [0.5, 0.6) is 0 Å². The van der Waals surface area contributed by atoms with Gasteiger partial charge in [-0.2, -0.15) is 5.10 Å². The van der Waals surface area contributed by atoms with E-state index in [1.807, 2.05) is 38.1 Å². The van der Waals surface area contributed by atoms with Crippen LogP contribution in [-0.4, -0.2) is 15.7 Å². The maximum absolute atomic E-state index is 10.7. The topological polar surface area (TPSA) is 105 Å². The number of azo groups is 1. The van der Waals surface area contributed by atoms with Crippen molar-refractivity contribution in [3.8, 4) is 0 Å². The van der Waals surface area contributed by atoms with Gasteiger partial charge in [-0.15, -0.1) is 10.2 Å². The molecular weight excluding hydrogens is 352 g/mol. The molecule has 0 saturated carbocycles. The molecular formula is C17H16N6O2S. The number of nitrogens with one attached hydrogen (secondary N) is 1. The van der Waals surface area contributed by atoms with E-state index >= 15 is 0 Å². The van der Waals surface area contributed by atoms with Crippen molar-refractivity contribution in [2.24, 2.45) is 21.2 Å². The molecule has 132 valence electrons. The van der Waals surface area contributed by atoms with Crippen molar-refractivity contribution in [3.63, 3.8) is 0 Å². The van der Waals surface area contributed by atoms with E-state index in [2.05, 4.69) is 25.7 Å². The summed E-state index contributed by atoms with van der Waals surface area (Å²) in [4.78, 5) is 14.6. The summed E-state index contributed by atoms with van der Waals surface area (Å²) in [6.45, 7) is 3.90. The third-order valence-corrected chi connectivity index (χ3v) is 4.34. The van der Waals surface area contributed by atoms with Crippen molar-refractivity contribution in [1.29, 1.82) is 0 Å². The van der Waals surface area contributed by atoms with E-state index in [0.29, 0.717) is 16.7 Å². The second-order valence-corrected chi connectivity index (χ2v) is 6.71. The fraction of sp³-hybridized carbons (Fsp3) is 0.176. The molecule has 3 aromatic rings. The van der Waals surface area contributed by atoms with Crippen LogP contribution in [0.15, 0.2) is 63.9 Å². The number of fused-ring (bicyclic) bond motifs is 1. The van der Waals surface area contributed by atoms with Gasteiger partial charge < -0.3 is 0 Å². The molecule has 0 saturated heterocycles. The van der Waals surface area contributed by atoms with Crippen molar-refractivity contribution in [3.05, 3.63) is 58.6 Å². The number of nitro groups is 1. The van der Waals surface area contributed by atoms with Crippen LogP contribution in [0, 0.1) is 16.0 Å². The molecule has 0 aliphatic heterocycles. The first-order valence-electron chi connectivity index (χ1n) is 7.88. The lowest BCUT2D eigenvalue weighted by atomic mass is 10.2. The fourth-order valence-corrected chi connectivity index (χ4v) is 2.83. The van der Waals surface area contributed by atoms with Crippen molar-refractivity contribution < 1.29 is 4.92 Å². The first-order chi connectivity index (χ1) is 12.5. The van der Waals surface area contributed by atoms with E-state index in [0.717, 1.165) is 10.2 Å². The summed E-state index contributed by atoms with van der Waals surface area (Å²) in [5, 5.41) is 23.9. The average Bonchev–Trinajstić information content (AvgIpc) is 3.04. The molecule has 2 aromatic carbocycles. The largest absolute Gasteiger partial charge is 0.277 e. The van der Waals surface area contributed by atoms with E-state index in [1.54, 1.807) is 12.1 Å². The summed E-state index contributed by atoms with van der Waals surface area (Å²) in [5.74, 6) is 0.543. The summed E-state index contributed by atoms with van der Waals surface area (Å²) in [7, 11) is 0. The molecule has 0 spiro atoms. The van der Waals surface area contributed by atoms with Gasteiger partial charge in [-0.25, -0.2) is 4.98 Å². The maximum Gasteiger partial charge on any atom is 0.269 e. The molecule has 1 heterocycles. The van der Waals surface area contributed by atoms with E-state index < -0.39 is 4.92 Å². The van der Waals surface area contributed by atoms with Crippen molar-refractivity contribution in [1.82, 2.24) is 4.98 Å². The molecule has 0 bridgehead atoms. The Morgan fingerprint density at radius 1 is 1.19 bits per heavy atom. The molecule has 8 nitrogen and oxygen atoms in total. The molecule has 0 aliphatic rings.